The molecule has 2 amide bonds. The summed E-state index contributed by atoms with van der Waals surface area (Å²) in [4.78, 5) is 26.9. The Morgan fingerprint density at radius 1 is 1.13 bits per heavy atom. The van der Waals surface area contributed by atoms with Gasteiger partial charge in [0.05, 0.1) is 6.33 Å². The van der Waals surface area contributed by atoms with Gasteiger partial charge in [-0.2, -0.15) is 0 Å². The van der Waals surface area contributed by atoms with Gasteiger partial charge in [0, 0.05) is 18.8 Å². The second-order valence-corrected chi connectivity index (χ2v) is 11.0. The molecular formula is C27H40N8O4. The van der Waals surface area contributed by atoms with Gasteiger partial charge >= 0.3 is 6.03 Å². The van der Waals surface area contributed by atoms with Gasteiger partial charge in [-0.25, -0.2) is 19.7 Å². The lowest BCUT2D eigenvalue weighted by Gasteiger charge is -2.26. The van der Waals surface area contributed by atoms with Gasteiger partial charge in [-0.05, 0) is 49.0 Å². The van der Waals surface area contributed by atoms with Gasteiger partial charge in [0.25, 0.3) is 0 Å². The fraction of sp³-hybridized carbons (Fsp3) is 0.556. The first kappa shape index (κ1) is 28.7. The van der Waals surface area contributed by atoms with Crippen LogP contribution in [0.5, 0.6) is 0 Å². The summed E-state index contributed by atoms with van der Waals surface area (Å²) in [7, 11) is 0. The second-order valence-electron chi connectivity index (χ2n) is 11.0. The first-order valence-electron chi connectivity index (χ1n) is 13.4. The summed E-state index contributed by atoms with van der Waals surface area (Å²) in [6.07, 6.45) is 0.734. The van der Waals surface area contributed by atoms with Crippen molar-refractivity contribution in [2.45, 2.75) is 70.5 Å². The molecule has 12 nitrogen and oxygen atoms in total. The number of aromatic nitrogens is 4. The Labute approximate surface area is 228 Å². The number of imidazole rings is 1. The third-order valence-electron chi connectivity index (χ3n) is 6.92. The van der Waals surface area contributed by atoms with Crippen LogP contribution in [-0.4, -0.2) is 85.2 Å². The summed E-state index contributed by atoms with van der Waals surface area (Å²) in [5, 5.41) is 27.3. The largest absolute Gasteiger partial charge is 0.387 e. The number of anilines is 2. The number of aliphatic hydroxyl groups is 2. The van der Waals surface area contributed by atoms with Gasteiger partial charge < -0.3 is 36.2 Å². The highest BCUT2D eigenvalue weighted by Crippen LogP contribution is 2.32. The molecule has 1 aliphatic heterocycles. The number of nitrogens with two attached hydrogens (primary N) is 1. The molecule has 12 heteroatoms. The molecule has 0 unspecified atom stereocenters. The summed E-state index contributed by atoms with van der Waals surface area (Å²) < 4.78 is 7.67. The molecule has 39 heavy (non-hydrogen) atoms. The van der Waals surface area contributed by atoms with E-state index in [0.717, 1.165) is 18.7 Å². The summed E-state index contributed by atoms with van der Waals surface area (Å²) in [5.41, 5.74) is 8.72. The van der Waals surface area contributed by atoms with Crippen LogP contribution in [0.25, 0.3) is 11.2 Å². The molecule has 212 valence electrons. The first-order chi connectivity index (χ1) is 18.6. The van der Waals surface area contributed by atoms with Crippen LogP contribution in [-0.2, 0) is 10.2 Å². The van der Waals surface area contributed by atoms with Gasteiger partial charge in [-0.3, -0.25) is 4.57 Å². The van der Waals surface area contributed by atoms with Crippen molar-refractivity contribution in [3.05, 3.63) is 42.5 Å². The fourth-order valence-electron chi connectivity index (χ4n) is 4.76. The van der Waals surface area contributed by atoms with Crippen LogP contribution in [0.4, 0.5) is 16.3 Å². The number of carbonyl (C=O) groups excluding carboxylic acids is 1. The summed E-state index contributed by atoms with van der Waals surface area (Å²) in [5.74, 6) is 0.234. The van der Waals surface area contributed by atoms with Crippen molar-refractivity contribution in [2.75, 3.05) is 37.2 Å². The number of carbonyl (C=O) groups is 1. The highest BCUT2D eigenvalue weighted by molar-refractivity contribution is 5.89. The molecule has 0 bridgehead atoms. The monoisotopic (exact) mass is 540 g/mol. The Balaban J connectivity index is 1.27. The van der Waals surface area contributed by atoms with Crippen LogP contribution < -0.4 is 16.4 Å². The lowest BCUT2D eigenvalue weighted by Crippen LogP contribution is -2.41. The lowest BCUT2D eigenvalue weighted by atomic mass is 9.87. The zero-order valence-corrected chi connectivity index (χ0v) is 23.0. The average molecular weight is 541 g/mol. The maximum absolute atomic E-state index is 12.3. The Kier molecular flexibility index (Phi) is 9.01. The van der Waals surface area contributed by atoms with Crippen molar-refractivity contribution in [3.8, 4) is 0 Å². The lowest BCUT2D eigenvalue weighted by molar-refractivity contribution is -0.0441. The van der Waals surface area contributed by atoms with Crippen LogP contribution in [0.1, 0.15) is 52.3 Å². The number of hydrogen-bond acceptors (Lipinski definition) is 9. The molecule has 2 aromatic heterocycles. The average Bonchev–Trinajstić information content (AvgIpc) is 3.44. The fourth-order valence-corrected chi connectivity index (χ4v) is 4.76. The number of nitrogen functional groups attached to an aromatic ring is 1. The Morgan fingerprint density at radius 2 is 1.87 bits per heavy atom. The van der Waals surface area contributed by atoms with Crippen LogP contribution in [0.2, 0.25) is 0 Å². The predicted octanol–water partition coefficient (Wildman–Crippen LogP) is 2.25. The molecule has 0 saturated carbocycles. The van der Waals surface area contributed by atoms with Gasteiger partial charge in [-0.15, -0.1) is 0 Å². The SMILES string of the molecule is CCCN(CCCNC(=O)Nc1ccc(C(C)(C)C)cc1)C[C@H]1O[C@@H](n2cnc3c(N)ncnc32)[C@H](O)[C@@H]1O. The smallest absolute Gasteiger partial charge is 0.319 e. The topological polar surface area (TPSA) is 164 Å². The molecule has 4 rings (SSSR count). The van der Waals surface area contributed by atoms with Gasteiger partial charge in [0.2, 0.25) is 0 Å². The molecule has 4 atom stereocenters. The normalized spacial score (nSPS) is 21.5. The molecule has 1 saturated heterocycles. The molecule has 3 aromatic rings. The molecule has 3 heterocycles. The van der Waals surface area contributed by atoms with E-state index in [2.05, 4.69) is 58.2 Å². The highest BCUT2D eigenvalue weighted by atomic mass is 16.6. The van der Waals surface area contributed by atoms with E-state index in [-0.39, 0.29) is 17.3 Å². The highest BCUT2D eigenvalue weighted by Gasteiger charge is 2.44. The van der Waals surface area contributed by atoms with E-state index >= 15 is 0 Å². The van der Waals surface area contributed by atoms with Gasteiger partial charge in [-0.1, -0.05) is 39.8 Å². The standard InChI is InChI=1S/C27H40N8O4/c1-5-12-34(13-6-11-29-26(38)33-18-9-7-17(8-10-18)27(2,3)4)14-19-21(36)22(37)25(39-19)35-16-32-20-23(28)30-15-31-24(20)35/h7-10,15-16,19,21-22,25,36-37H,5-6,11-14H2,1-4H3,(H2,28,30,31)(H2,29,33,38)/t19-,21-,22-,25-/m1/s1. The van der Waals surface area contributed by atoms with E-state index in [1.807, 2.05) is 24.3 Å². The van der Waals surface area contributed by atoms with E-state index in [1.54, 1.807) is 4.57 Å². The number of hydrogen-bond donors (Lipinski definition) is 5. The molecule has 0 radical (unpaired) electrons. The van der Waals surface area contributed by atoms with Crippen molar-refractivity contribution < 1.29 is 19.7 Å². The third kappa shape index (κ3) is 6.82. The number of rotatable bonds is 10. The van der Waals surface area contributed by atoms with Crippen molar-refractivity contribution in [1.29, 1.82) is 0 Å². The first-order valence-corrected chi connectivity index (χ1v) is 13.4. The molecule has 1 aromatic carbocycles. The number of urea groups is 1. The summed E-state index contributed by atoms with van der Waals surface area (Å²) >= 11 is 0. The second kappa shape index (κ2) is 12.2. The number of ether oxygens (including phenoxy) is 1. The maximum Gasteiger partial charge on any atom is 0.319 e. The van der Waals surface area contributed by atoms with Crippen LogP contribution in [0.3, 0.4) is 0 Å². The number of amides is 2. The third-order valence-corrected chi connectivity index (χ3v) is 6.92. The van der Waals surface area contributed by atoms with E-state index in [4.69, 9.17) is 10.5 Å². The molecule has 0 aliphatic carbocycles. The van der Waals surface area contributed by atoms with Crippen LogP contribution in [0, 0.1) is 0 Å². The minimum atomic E-state index is -1.16. The zero-order chi connectivity index (χ0) is 28.2. The summed E-state index contributed by atoms with van der Waals surface area (Å²) in [6, 6.07) is 7.62. The Bertz CT molecular complexity index is 1240. The maximum atomic E-state index is 12.3. The molecule has 1 aliphatic rings. The number of benzene rings is 1. The predicted molar refractivity (Wildman–Crippen MR) is 149 cm³/mol. The van der Waals surface area contributed by atoms with Crippen molar-refractivity contribution in [3.63, 3.8) is 0 Å². The summed E-state index contributed by atoms with van der Waals surface area (Å²) in [6.45, 7) is 10.9. The number of fused-ring (bicyclic) bond motifs is 1. The van der Waals surface area contributed by atoms with Gasteiger partial charge in [0.1, 0.15) is 30.2 Å². The Hall–Kier alpha value is -3.32. The zero-order valence-electron chi connectivity index (χ0n) is 23.0. The minimum absolute atomic E-state index is 0.0566. The van der Waals surface area contributed by atoms with Crippen LogP contribution >= 0.6 is 0 Å². The van der Waals surface area contributed by atoms with E-state index < -0.39 is 24.5 Å². The van der Waals surface area contributed by atoms with E-state index in [9.17, 15) is 15.0 Å². The quantitative estimate of drug-likeness (QED) is 0.243. The molecule has 0 spiro atoms. The van der Waals surface area contributed by atoms with Crippen molar-refractivity contribution in [1.82, 2.24) is 29.7 Å². The Morgan fingerprint density at radius 3 is 2.56 bits per heavy atom. The molecule has 1 fully saturated rings. The number of aliphatic hydroxyl groups excluding tert-OH is 2. The minimum Gasteiger partial charge on any atom is -0.387 e. The van der Waals surface area contributed by atoms with E-state index in [0.29, 0.717) is 37.2 Å². The van der Waals surface area contributed by atoms with Gasteiger partial charge in [0.15, 0.2) is 17.7 Å². The van der Waals surface area contributed by atoms with E-state index in [1.165, 1.54) is 18.2 Å². The van der Waals surface area contributed by atoms with Crippen molar-refractivity contribution in [2.24, 2.45) is 0 Å². The molecule has 6 N–H and O–H groups in total. The number of nitrogens with one attached hydrogen (secondary N) is 2. The van der Waals surface area contributed by atoms with Crippen LogP contribution in [0.15, 0.2) is 36.9 Å². The number of nitrogens with zero attached hydrogens (tertiary/aromatic N) is 5. The van der Waals surface area contributed by atoms with Crippen molar-refractivity contribution >= 4 is 28.7 Å². The molecular weight excluding hydrogens is 500 g/mol.